The molecule has 0 spiro atoms. The lowest BCUT2D eigenvalue weighted by Gasteiger charge is -2.30. The molecule has 7 nitrogen and oxygen atoms in total. The van der Waals surface area contributed by atoms with Crippen LogP contribution in [0.5, 0.6) is 5.88 Å². The number of carbonyl (C=O) groups excluding carboxylic acids is 1. The summed E-state index contributed by atoms with van der Waals surface area (Å²) in [6.07, 6.45) is 5.15. The summed E-state index contributed by atoms with van der Waals surface area (Å²) in [5, 5.41) is 5.21. The topological polar surface area (TPSA) is 82.5 Å². The van der Waals surface area contributed by atoms with E-state index in [0.717, 1.165) is 12.0 Å². The molecule has 6 rings (SSSR count). The van der Waals surface area contributed by atoms with Crippen LogP contribution >= 0.6 is 11.6 Å². The molecule has 3 aromatic heterocycles. The number of aromatic nitrogens is 4. The highest BCUT2D eigenvalue weighted by Gasteiger charge is 2.40. The maximum absolute atomic E-state index is 12.9. The van der Waals surface area contributed by atoms with Gasteiger partial charge in [-0.05, 0) is 42.8 Å². The van der Waals surface area contributed by atoms with Crippen molar-refractivity contribution in [3.63, 3.8) is 0 Å². The highest BCUT2D eigenvalue weighted by atomic mass is 35.5. The van der Waals surface area contributed by atoms with Crippen molar-refractivity contribution in [1.82, 2.24) is 19.6 Å². The predicted octanol–water partition coefficient (Wildman–Crippen LogP) is 4.57. The van der Waals surface area contributed by atoms with Crippen molar-refractivity contribution in [2.75, 3.05) is 0 Å². The van der Waals surface area contributed by atoms with Gasteiger partial charge in [-0.3, -0.25) is 4.79 Å². The number of nitrogens with zero attached hydrogens (tertiary/aromatic N) is 4. The Morgan fingerprint density at radius 3 is 2.80 bits per heavy atom. The number of allylic oxidation sites excluding steroid dienone is 2. The molecular weight excluding hydrogens is 404 g/mol. The Labute approximate surface area is 176 Å². The van der Waals surface area contributed by atoms with Crippen molar-refractivity contribution in [1.29, 1.82) is 0 Å². The lowest BCUT2D eigenvalue weighted by molar-refractivity contribution is -0.116. The molecular formula is C22H15ClN4O3. The Hall–Kier alpha value is -3.45. The van der Waals surface area contributed by atoms with Crippen LogP contribution in [0.3, 0.4) is 0 Å². The minimum atomic E-state index is -0.426. The van der Waals surface area contributed by atoms with E-state index in [1.165, 1.54) is 0 Å². The molecule has 0 bridgehead atoms. The van der Waals surface area contributed by atoms with E-state index in [4.69, 9.17) is 25.7 Å². The minimum absolute atomic E-state index is 0.0720. The zero-order valence-corrected chi connectivity index (χ0v) is 16.5. The van der Waals surface area contributed by atoms with Gasteiger partial charge in [0.05, 0.1) is 17.7 Å². The first-order valence-electron chi connectivity index (χ1n) is 9.68. The van der Waals surface area contributed by atoms with Gasteiger partial charge >= 0.3 is 0 Å². The molecule has 1 aliphatic carbocycles. The molecule has 0 fully saturated rings. The number of fused-ring (bicyclic) bond motifs is 3. The monoisotopic (exact) mass is 418 g/mol. The van der Waals surface area contributed by atoms with E-state index in [-0.39, 0.29) is 5.78 Å². The van der Waals surface area contributed by atoms with E-state index in [2.05, 4.69) is 10.1 Å². The minimum Gasteiger partial charge on any atom is -0.468 e. The number of ketones is 1. The van der Waals surface area contributed by atoms with Crippen LogP contribution in [0.4, 0.5) is 0 Å². The standard InChI is InChI=1S/C22H15ClN4O3/c23-13-8-6-12(7-9-13)20-25-21-19-18(15-5-2-10-29-15)17-14(28)3-1-4-16(17)30-22(19)24-11-27(21)26-20/h2,5-11,18H,1,3-4H2. The van der Waals surface area contributed by atoms with Crippen molar-refractivity contribution in [3.8, 4) is 17.3 Å². The molecule has 148 valence electrons. The highest BCUT2D eigenvalue weighted by molar-refractivity contribution is 6.30. The molecule has 1 aliphatic heterocycles. The van der Waals surface area contributed by atoms with Gasteiger partial charge in [-0.1, -0.05) is 11.6 Å². The lowest BCUT2D eigenvalue weighted by atomic mass is 9.80. The maximum Gasteiger partial charge on any atom is 0.228 e. The van der Waals surface area contributed by atoms with Gasteiger partial charge in [0.25, 0.3) is 0 Å². The Bertz CT molecular complexity index is 1320. The number of benzene rings is 1. The summed E-state index contributed by atoms with van der Waals surface area (Å²) in [6.45, 7) is 0. The van der Waals surface area contributed by atoms with Crippen LogP contribution in [0.1, 0.15) is 36.5 Å². The van der Waals surface area contributed by atoms with E-state index in [9.17, 15) is 4.79 Å². The zero-order valence-electron chi connectivity index (χ0n) is 15.7. The smallest absolute Gasteiger partial charge is 0.228 e. The summed E-state index contributed by atoms with van der Waals surface area (Å²) in [5.74, 6) is 1.96. The van der Waals surface area contributed by atoms with Crippen molar-refractivity contribution >= 4 is 23.0 Å². The Morgan fingerprint density at radius 2 is 2.00 bits per heavy atom. The van der Waals surface area contributed by atoms with Crippen molar-refractivity contribution in [3.05, 3.63) is 76.7 Å². The molecule has 4 aromatic rings. The summed E-state index contributed by atoms with van der Waals surface area (Å²) in [4.78, 5) is 22.1. The molecule has 2 aliphatic rings. The molecule has 1 atom stereocenters. The third-order valence-electron chi connectivity index (χ3n) is 5.52. The first-order chi connectivity index (χ1) is 14.7. The normalized spacial score (nSPS) is 18.3. The molecule has 0 radical (unpaired) electrons. The van der Waals surface area contributed by atoms with Crippen molar-refractivity contribution < 1.29 is 13.9 Å². The van der Waals surface area contributed by atoms with Crippen LogP contribution in [0.15, 0.2) is 64.7 Å². The first-order valence-corrected chi connectivity index (χ1v) is 10.1. The molecule has 4 heterocycles. The fraction of sp³-hybridized carbons (Fsp3) is 0.182. The average Bonchev–Trinajstić information content (AvgIpc) is 3.43. The van der Waals surface area contributed by atoms with Gasteiger partial charge in [-0.25, -0.2) is 14.5 Å². The molecule has 30 heavy (non-hydrogen) atoms. The van der Waals surface area contributed by atoms with E-state index in [0.29, 0.717) is 57.9 Å². The Kier molecular flexibility index (Phi) is 3.79. The second-order valence-corrected chi connectivity index (χ2v) is 7.77. The molecule has 1 aromatic carbocycles. The molecule has 8 heteroatoms. The van der Waals surface area contributed by atoms with Crippen LogP contribution < -0.4 is 4.74 Å². The number of furan rings is 1. The van der Waals surface area contributed by atoms with E-state index in [1.54, 1.807) is 29.2 Å². The Morgan fingerprint density at radius 1 is 1.13 bits per heavy atom. The SMILES string of the molecule is O=C1CCCC2=C1C(c1ccco1)c1c(ncn3nc(-c4ccc(Cl)cc4)nc13)O2. The Balaban J connectivity index is 1.59. The van der Waals surface area contributed by atoms with Gasteiger partial charge in [0.15, 0.2) is 17.3 Å². The van der Waals surface area contributed by atoms with Crippen molar-refractivity contribution in [2.24, 2.45) is 0 Å². The number of carbonyl (C=O) groups is 1. The lowest BCUT2D eigenvalue weighted by Crippen LogP contribution is -2.26. The van der Waals surface area contributed by atoms with Crippen molar-refractivity contribution in [2.45, 2.75) is 25.2 Å². The van der Waals surface area contributed by atoms with E-state index >= 15 is 0 Å². The number of hydrogen-bond acceptors (Lipinski definition) is 6. The molecule has 0 amide bonds. The number of Topliss-reactive ketones (excluding diaryl/α,β-unsaturated/α-hetero) is 1. The molecule has 0 N–H and O–H groups in total. The first kappa shape index (κ1) is 17.4. The third-order valence-corrected chi connectivity index (χ3v) is 5.77. The number of rotatable bonds is 2. The number of ether oxygens (including phenoxy) is 1. The van der Waals surface area contributed by atoms with Gasteiger partial charge in [-0.15, -0.1) is 5.10 Å². The predicted molar refractivity (Wildman–Crippen MR) is 108 cm³/mol. The van der Waals surface area contributed by atoms with Gasteiger partial charge in [-0.2, -0.15) is 0 Å². The van der Waals surface area contributed by atoms with E-state index < -0.39 is 5.92 Å². The number of hydrogen-bond donors (Lipinski definition) is 0. The summed E-state index contributed by atoms with van der Waals surface area (Å²) >= 11 is 6.01. The van der Waals surface area contributed by atoms with Gasteiger partial charge in [0.1, 0.15) is 17.8 Å². The molecule has 0 saturated carbocycles. The fourth-order valence-corrected chi connectivity index (χ4v) is 4.30. The fourth-order valence-electron chi connectivity index (χ4n) is 4.18. The maximum atomic E-state index is 12.9. The summed E-state index contributed by atoms with van der Waals surface area (Å²) in [5.41, 5.74) is 2.73. The average molecular weight is 419 g/mol. The second kappa shape index (κ2) is 6.53. The van der Waals surface area contributed by atoms with Gasteiger partial charge in [0.2, 0.25) is 5.88 Å². The highest BCUT2D eigenvalue weighted by Crippen LogP contribution is 2.47. The van der Waals surface area contributed by atoms with Crippen LogP contribution in [0, 0.1) is 0 Å². The van der Waals surface area contributed by atoms with Gasteiger partial charge < -0.3 is 9.15 Å². The molecule has 1 unspecified atom stereocenters. The summed E-state index contributed by atoms with van der Waals surface area (Å²) in [6, 6.07) is 11.0. The summed E-state index contributed by atoms with van der Waals surface area (Å²) in [7, 11) is 0. The molecule has 0 saturated heterocycles. The van der Waals surface area contributed by atoms with Crippen LogP contribution in [0.2, 0.25) is 5.02 Å². The zero-order chi connectivity index (χ0) is 20.2. The largest absolute Gasteiger partial charge is 0.468 e. The van der Waals surface area contributed by atoms with Crippen LogP contribution in [0.25, 0.3) is 17.0 Å². The quantitative estimate of drug-likeness (QED) is 0.474. The second-order valence-electron chi connectivity index (χ2n) is 7.34. The van der Waals surface area contributed by atoms with Gasteiger partial charge in [0, 0.05) is 29.0 Å². The summed E-state index contributed by atoms with van der Waals surface area (Å²) < 4.78 is 13.4. The number of halogens is 1. The van der Waals surface area contributed by atoms with E-state index in [1.807, 2.05) is 24.3 Å². The van der Waals surface area contributed by atoms with Crippen LogP contribution in [-0.4, -0.2) is 25.4 Å². The van der Waals surface area contributed by atoms with Crippen LogP contribution in [-0.2, 0) is 4.79 Å². The third kappa shape index (κ3) is 2.59.